The third-order valence-electron chi connectivity index (χ3n) is 2.55. The molecule has 0 spiro atoms. The smallest absolute Gasteiger partial charge is 0.303 e. The van der Waals surface area contributed by atoms with Crippen LogP contribution in [0.5, 0.6) is 5.88 Å². The van der Waals surface area contributed by atoms with Crippen molar-refractivity contribution in [2.75, 3.05) is 25.1 Å². The van der Waals surface area contributed by atoms with Gasteiger partial charge in [0.25, 0.3) is 0 Å². The molecule has 0 aromatic carbocycles. The zero-order valence-corrected chi connectivity index (χ0v) is 8.96. The van der Waals surface area contributed by atoms with Crippen LogP contribution in [0, 0.1) is 5.92 Å². The van der Waals surface area contributed by atoms with E-state index in [1.54, 1.807) is 6.20 Å². The van der Waals surface area contributed by atoms with Crippen LogP contribution in [0.2, 0.25) is 0 Å². The average Bonchev–Trinajstić information content (AvgIpc) is 2.22. The van der Waals surface area contributed by atoms with Gasteiger partial charge in [-0.15, -0.1) is 0 Å². The summed E-state index contributed by atoms with van der Waals surface area (Å²) in [6.45, 7) is 1.43. The molecule has 1 N–H and O–H groups in total. The van der Waals surface area contributed by atoms with E-state index in [9.17, 15) is 4.79 Å². The first-order valence-corrected chi connectivity index (χ1v) is 5.02. The lowest BCUT2D eigenvalue weighted by molar-refractivity contribution is -0.138. The Morgan fingerprint density at radius 1 is 1.62 bits per heavy atom. The van der Waals surface area contributed by atoms with Crippen LogP contribution < -0.4 is 9.64 Å². The van der Waals surface area contributed by atoms with E-state index >= 15 is 0 Å². The quantitative estimate of drug-likeness (QED) is 0.796. The highest BCUT2D eigenvalue weighted by Gasteiger charge is 2.29. The highest BCUT2D eigenvalue weighted by Crippen LogP contribution is 2.25. The van der Waals surface area contributed by atoms with Crippen molar-refractivity contribution < 1.29 is 14.6 Å². The van der Waals surface area contributed by atoms with Crippen LogP contribution in [0.25, 0.3) is 0 Å². The van der Waals surface area contributed by atoms with Gasteiger partial charge >= 0.3 is 5.97 Å². The van der Waals surface area contributed by atoms with Crippen LogP contribution in [-0.4, -0.2) is 41.2 Å². The number of hydrogen-bond donors (Lipinski definition) is 1. The average molecular weight is 223 g/mol. The Kier molecular flexibility index (Phi) is 2.89. The Labute approximate surface area is 92.9 Å². The first-order chi connectivity index (χ1) is 7.69. The standard InChI is InChI=1S/C10H13N3O3/c1-16-9-4-11-3-8(12-9)13-5-7(6-13)2-10(14)15/h3-4,7H,2,5-6H2,1H3,(H,14,15). The summed E-state index contributed by atoms with van der Waals surface area (Å²) in [5.41, 5.74) is 0. The number of nitrogens with zero attached hydrogens (tertiary/aromatic N) is 3. The van der Waals surface area contributed by atoms with Gasteiger partial charge in [0.2, 0.25) is 5.88 Å². The largest absolute Gasteiger partial charge is 0.481 e. The molecule has 0 unspecified atom stereocenters. The van der Waals surface area contributed by atoms with E-state index in [2.05, 4.69) is 9.97 Å². The minimum absolute atomic E-state index is 0.213. The molecule has 0 atom stereocenters. The minimum atomic E-state index is -0.749. The Morgan fingerprint density at radius 2 is 2.38 bits per heavy atom. The van der Waals surface area contributed by atoms with Gasteiger partial charge in [0.1, 0.15) is 0 Å². The van der Waals surface area contributed by atoms with Gasteiger partial charge in [0.15, 0.2) is 5.82 Å². The predicted molar refractivity (Wildman–Crippen MR) is 56.5 cm³/mol. The molecule has 0 amide bonds. The summed E-state index contributed by atoms with van der Waals surface area (Å²) in [5, 5.41) is 8.62. The summed E-state index contributed by atoms with van der Waals surface area (Å²) in [7, 11) is 1.54. The fourth-order valence-electron chi connectivity index (χ4n) is 1.72. The van der Waals surface area contributed by atoms with E-state index in [0.717, 1.165) is 5.82 Å². The van der Waals surface area contributed by atoms with Gasteiger partial charge in [0, 0.05) is 19.0 Å². The molecular weight excluding hydrogens is 210 g/mol. The van der Waals surface area contributed by atoms with Crippen molar-refractivity contribution in [3.63, 3.8) is 0 Å². The summed E-state index contributed by atoms with van der Waals surface area (Å²) >= 11 is 0. The molecule has 6 heteroatoms. The van der Waals surface area contributed by atoms with Crippen LogP contribution in [-0.2, 0) is 4.79 Å². The second-order valence-corrected chi connectivity index (χ2v) is 3.79. The van der Waals surface area contributed by atoms with E-state index in [-0.39, 0.29) is 12.3 Å². The van der Waals surface area contributed by atoms with E-state index in [1.165, 1.54) is 13.3 Å². The molecule has 1 saturated heterocycles. The van der Waals surface area contributed by atoms with Gasteiger partial charge in [-0.1, -0.05) is 0 Å². The first-order valence-electron chi connectivity index (χ1n) is 5.02. The number of aliphatic carboxylic acids is 1. The Balaban J connectivity index is 1.93. The Hall–Kier alpha value is -1.85. The van der Waals surface area contributed by atoms with Gasteiger partial charge in [-0.2, -0.15) is 4.98 Å². The van der Waals surface area contributed by atoms with Crippen molar-refractivity contribution in [3.8, 4) is 5.88 Å². The summed E-state index contributed by atoms with van der Waals surface area (Å²) < 4.78 is 4.97. The predicted octanol–water partition coefficient (Wildman–Crippen LogP) is 0.396. The zero-order valence-electron chi connectivity index (χ0n) is 8.96. The van der Waals surface area contributed by atoms with Crippen molar-refractivity contribution in [2.45, 2.75) is 6.42 Å². The molecule has 16 heavy (non-hydrogen) atoms. The molecule has 1 aliphatic rings. The molecule has 1 aliphatic heterocycles. The Bertz CT molecular complexity index is 391. The van der Waals surface area contributed by atoms with E-state index in [4.69, 9.17) is 9.84 Å². The fourth-order valence-corrected chi connectivity index (χ4v) is 1.72. The fraction of sp³-hybridized carbons (Fsp3) is 0.500. The molecule has 1 aromatic rings. The van der Waals surface area contributed by atoms with Gasteiger partial charge in [-0.05, 0) is 0 Å². The number of aromatic nitrogens is 2. The summed E-state index contributed by atoms with van der Waals surface area (Å²) in [6.07, 6.45) is 3.41. The number of rotatable bonds is 4. The molecule has 0 radical (unpaired) electrons. The third kappa shape index (κ3) is 2.21. The zero-order chi connectivity index (χ0) is 11.5. The summed E-state index contributed by atoms with van der Waals surface area (Å²) in [4.78, 5) is 20.7. The van der Waals surface area contributed by atoms with Crippen LogP contribution >= 0.6 is 0 Å². The minimum Gasteiger partial charge on any atom is -0.481 e. The van der Waals surface area contributed by atoms with Crippen molar-refractivity contribution >= 4 is 11.8 Å². The lowest BCUT2D eigenvalue weighted by Crippen LogP contribution is -2.48. The molecule has 2 heterocycles. The molecule has 0 bridgehead atoms. The number of anilines is 1. The van der Waals surface area contributed by atoms with E-state index in [0.29, 0.717) is 19.0 Å². The van der Waals surface area contributed by atoms with Crippen molar-refractivity contribution in [1.82, 2.24) is 9.97 Å². The second kappa shape index (κ2) is 4.34. The number of carboxylic acids is 1. The number of hydrogen-bond acceptors (Lipinski definition) is 5. The SMILES string of the molecule is COc1cncc(N2CC(CC(=O)O)C2)n1. The van der Waals surface area contributed by atoms with Gasteiger partial charge in [0.05, 0.1) is 25.9 Å². The molecule has 1 aromatic heterocycles. The molecule has 1 fully saturated rings. The van der Waals surface area contributed by atoms with Crippen LogP contribution in [0.15, 0.2) is 12.4 Å². The Morgan fingerprint density at radius 3 is 3.00 bits per heavy atom. The second-order valence-electron chi connectivity index (χ2n) is 3.79. The van der Waals surface area contributed by atoms with Crippen molar-refractivity contribution in [3.05, 3.63) is 12.4 Å². The highest BCUT2D eigenvalue weighted by atomic mass is 16.5. The maximum atomic E-state index is 10.5. The van der Waals surface area contributed by atoms with Gasteiger partial charge in [-0.3, -0.25) is 9.78 Å². The van der Waals surface area contributed by atoms with Crippen LogP contribution in [0.3, 0.4) is 0 Å². The number of methoxy groups -OCH3 is 1. The molecule has 2 rings (SSSR count). The molecule has 0 aliphatic carbocycles. The van der Waals surface area contributed by atoms with Gasteiger partial charge in [-0.25, -0.2) is 0 Å². The van der Waals surface area contributed by atoms with Crippen molar-refractivity contribution in [1.29, 1.82) is 0 Å². The highest BCUT2D eigenvalue weighted by molar-refractivity contribution is 5.67. The normalized spacial score (nSPS) is 15.7. The molecule has 86 valence electrons. The molecule has 0 saturated carbocycles. The van der Waals surface area contributed by atoms with Crippen LogP contribution in [0.1, 0.15) is 6.42 Å². The number of carboxylic acid groups (broad SMARTS) is 1. The first kappa shape index (κ1) is 10.7. The maximum Gasteiger partial charge on any atom is 0.303 e. The third-order valence-corrected chi connectivity index (χ3v) is 2.55. The number of carbonyl (C=O) groups is 1. The molecular formula is C10H13N3O3. The van der Waals surface area contributed by atoms with Crippen LogP contribution in [0.4, 0.5) is 5.82 Å². The summed E-state index contributed by atoms with van der Waals surface area (Å²) in [6, 6.07) is 0. The monoisotopic (exact) mass is 223 g/mol. The molecule has 6 nitrogen and oxygen atoms in total. The lowest BCUT2D eigenvalue weighted by Gasteiger charge is -2.39. The van der Waals surface area contributed by atoms with Crippen molar-refractivity contribution in [2.24, 2.45) is 5.92 Å². The van der Waals surface area contributed by atoms with Gasteiger partial charge < -0.3 is 14.7 Å². The summed E-state index contributed by atoms with van der Waals surface area (Å²) in [5.74, 6) is 0.673. The number of ether oxygens (including phenoxy) is 1. The van der Waals surface area contributed by atoms with E-state index in [1.807, 2.05) is 4.90 Å². The lowest BCUT2D eigenvalue weighted by atomic mass is 9.97. The topological polar surface area (TPSA) is 75.5 Å². The maximum absolute atomic E-state index is 10.5. The van der Waals surface area contributed by atoms with E-state index < -0.39 is 5.97 Å².